The maximum atomic E-state index is 2.80. The van der Waals surface area contributed by atoms with Gasteiger partial charge in [0.2, 0.25) is 0 Å². The molecule has 2 saturated carbocycles. The van der Waals surface area contributed by atoms with E-state index in [0.29, 0.717) is 5.54 Å². The van der Waals surface area contributed by atoms with Crippen molar-refractivity contribution in [2.75, 3.05) is 0 Å². The molecule has 2 atom stereocenters. The smallest absolute Gasteiger partial charge is 0.0487 e. The summed E-state index contributed by atoms with van der Waals surface area (Å²) in [7, 11) is 0. The minimum Gasteiger partial charge on any atom is -0.338 e. The van der Waals surface area contributed by atoms with E-state index in [1.165, 1.54) is 75.1 Å². The summed E-state index contributed by atoms with van der Waals surface area (Å²) < 4.78 is 2.80. The van der Waals surface area contributed by atoms with Crippen molar-refractivity contribution in [2.24, 2.45) is 5.92 Å². The summed E-state index contributed by atoms with van der Waals surface area (Å²) in [4.78, 5) is 0. The highest BCUT2D eigenvalue weighted by molar-refractivity contribution is 5.81. The highest BCUT2D eigenvalue weighted by Gasteiger charge is 2.42. The van der Waals surface area contributed by atoms with E-state index in [4.69, 9.17) is 0 Å². The number of aryl methyl sites for hydroxylation is 1. The molecular weight excluding hydrogens is 266 g/mol. The van der Waals surface area contributed by atoms with E-state index in [1.54, 1.807) is 5.69 Å². The van der Waals surface area contributed by atoms with Crippen LogP contribution in [-0.2, 0) is 12.0 Å². The van der Waals surface area contributed by atoms with E-state index in [0.717, 1.165) is 5.92 Å². The lowest BCUT2D eigenvalue weighted by Crippen LogP contribution is -2.33. The zero-order valence-electron chi connectivity index (χ0n) is 14.0. The Balaban J connectivity index is 1.86. The number of hydrogen-bond acceptors (Lipinski definition) is 0. The van der Waals surface area contributed by atoms with Crippen LogP contribution < -0.4 is 0 Å². The maximum Gasteiger partial charge on any atom is 0.0487 e. The first-order valence-corrected chi connectivity index (χ1v) is 9.42. The van der Waals surface area contributed by atoms with Crippen molar-refractivity contribution in [3.05, 3.63) is 36.0 Å². The Hall–Kier alpha value is -1.24. The SMILES string of the molecule is CCCc1cc2ccccc2n1C12CCCCCC(CC1)C2. The van der Waals surface area contributed by atoms with Crippen molar-refractivity contribution >= 4 is 10.9 Å². The molecule has 2 unspecified atom stereocenters. The summed E-state index contributed by atoms with van der Waals surface area (Å²) in [5.41, 5.74) is 3.51. The van der Waals surface area contributed by atoms with E-state index < -0.39 is 0 Å². The van der Waals surface area contributed by atoms with Gasteiger partial charge in [-0.15, -0.1) is 0 Å². The minimum absolute atomic E-state index is 0.429. The molecule has 2 aromatic rings. The van der Waals surface area contributed by atoms with Crippen LogP contribution in [0.2, 0.25) is 0 Å². The molecule has 2 fully saturated rings. The highest BCUT2D eigenvalue weighted by atomic mass is 15.1. The van der Waals surface area contributed by atoms with E-state index in [2.05, 4.69) is 41.8 Å². The largest absolute Gasteiger partial charge is 0.338 e. The fourth-order valence-corrected chi connectivity index (χ4v) is 5.28. The Bertz CT molecular complexity index is 653. The van der Waals surface area contributed by atoms with Gasteiger partial charge in [0.25, 0.3) is 0 Å². The van der Waals surface area contributed by atoms with Crippen molar-refractivity contribution in [3.63, 3.8) is 0 Å². The molecule has 1 aromatic carbocycles. The highest BCUT2D eigenvalue weighted by Crippen LogP contribution is 2.49. The van der Waals surface area contributed by atoms with Crippen LogP contribution >= 0.6 is 0 Å². The molecule has 0 amide bonds. The van der Waals surface area contributed by atoms with Gasteiger partial charge in [-0.2, -0.15) is 0 Å². The Morgan fingerprint density at radius 2 is 2.00 bits per heavy atom. The summed E-state index contributed by atoms with van der Waals surface area (Å²) in [6.07, 6.45) is 14.0. The van der Waals surface area contributed by atoms with Gasteiger partial charge in [0.1, 0.15) is 0 Å². The fraction of sp³-hybridized carbons (Fsp3) is 0.619. The molecule has 0 radical (unpaired) electrons. The number of hydrogen-bond donors (Lipinski definition) is 0. The van der Waals surface area contributed by atoms with Gasteiger partial charge >= 0.3 is 0 Å². The molecule has 0 N–H and O–H groups in total. The lowest BCUT2D eigenvalue weighted by Gasteiger charge is -2.36. The second-order valence-electron chi connectivity index (χ2n) is 7.71. The number of nitrogens with zero attached hydrogens (tertiary/aromatic N) is 1. The van der Waals surface area contributed by atoms with Crippen LogP contribution in [0.3, 0.4) is 0 Å². The molecule has 1 nitrogen and oxygen atoms in total. The second kappa shape index (κ2) is 5.76. The maximum absolute atomic E-state index is 2.80. The van der Waals surface area contributed by atoms with Crippen LogP contribution in [0.4, 0.5) is 0 Å². The van der Waals surface area contributed by atoms with Crippen molar-refractivity contribution in [3.8, 4) is 0 Å². The average Bonchev–Trinajstić information content (AvgIpc) is 3.08. The van der Waals surface area contributed by atoms with Gasteiger partial charge in [0.15, 0.2) is 0 Å². The molecule has 2 aliphatic carbocycles. The average molecular weight is 295 g/mol. The molecule has 4 rings (SSSR count). The first kappa shape index (κ1) is 14.4. The van der Waals surface area contributed by atoms with E-state index in [9.17, 15) is 0 Å². The summed E-state index contributed by atoms with van der Waals surface area (Å²) in [5, 5.41) is 1.45. The number of rotatable bonds is 3. The van der Waals surface area contributed by atoms with Gasteiger partial charge in [-0.05, 0) is 55.5 Å². The van der Waals surface area contributed by atoms with E-state index in [1.807, 2.05) is 0 Å². The monoisotopic (exact) mass is 295 g/mol. The molecule has 22 heavy (non-hydrogen) atoms. The lowest BCUT2D eigenvalue weighted by molar-refractivity contribution is 0.236. The predicted molar refractivity (Wildman–Crippen MR) is 94.3 cm³/mol. The van der Waals surface area contributed by atoms with Crippen molar-refractivity contribution < 1.29 is 0 Å². The van der Waals surface area contributed by atoms with E-state index in [-0.39, 0.29) is 0 Å². The van der Waals surface area contributed by atoms with Gasteiger partial charge in [0, 0.05) is 16.7 Å². The molecule has 1 aromatic heterocycles. The first-order valence-electron chi connectivity index (χ1n) is 9.42. The first-order chi connectivity index (χ1) is 10.8. The second-order valence-corrected chi connectivity index (χ2v) is 7.71. The van der Waals surface area contributed by atoms with Crippen molar-refractivity contribution in [2.45, 2.75) is 76.7 Å². The topological polar surface area (TPSA) is 4.93 Å². The van der Waals surface area contributed by atoms with Gasteiger partial charge < -0.3 is 4.57 Å². The molecule has 2 bridgehead atoms. The number of benzene rings is 1. The summed E-state index contributed by atoms with van der Waals surface area (Å²) >= 11 is 0. The summed E-state index contributed by atoms with van der Waals surface area (Å²) in [6, 6.07) is 11.5. The van der Waals surface area contributed by atoms with Gasteiger partial charge in [-0.25, -0.2) is 0 Å². The molecule has 0 aliphatic heterocycles. The third kappa shape index (κ3) is 2.30. The van der Waals surface area contributed by atoms with Crippen molar-refractivity contribution in [1.29, 1.82) is 0 Å². The quantitative estimate of drug-likeness (QED) is 0.649. The number of fused-ring (bicyclic) bond motifs is 3. The molecule has 2 aliphatic rings. The van der Waals surface area contributed by atoms with Crippen LogP contribution in [0, 0.1) is 5.92 Å². The summed E-state index contributed by atoms with van der Waals surface area (Å²) in [6.45, 7) is 2.31. The van der Waals surface area contributed by atoms with Gasteiger partial charge in [0.05, 0.1) is 0 Å². The van der Waals surface area contributed by atoms with Gasteiger partial charge in [-0.1, -0.05) is 57.2 Å². The standard InChI is InChI=1S/C21H29N/c1-2-8-19-15-18-10-5-6-11-20(18)22(19)21-13-7-3-4-9-17(16-21)12-14-21/h5-6,10-11,15,17H,2-4,7-9,12-14,16H2,1H3. The molecule has 0 spiro atoms. The lowest BCUT2D eigenvalue weighted by atomic mass is 9.84. The predicted octanol–water partition coefficient (Wildman–Crippen LogP) is 6.05. The summed E-state index contributed by atoms with van der Waals surface area (Å²) in [5.74, 6) is 0.982. The Labute approximate surface area is 134 Å². The van der Waals surface area contributed by atoms with Crippen LogP contribution in [0.1, 0.15) is 70.4 Å². The van der Waals surface area contributed by atoms with Gasteiger partial charge in [-0.3, -0.25) is 0 Å². The number of aromatic nitrogens is 1. The van der Waals surface area contributed by atoms with E-state index >= 15 is 0 Å². The Morgan fingerprint density at radius 3 is 2.91 bits per heavy atom. The molecule has 118 valence electrons. The van der Waals surface area contributed by atoms with Crippen molar-refractivity contribution in [1.82, 2.24) is 4.57 Å². The fourth-order valence-electron chi connectivity index (χ4n) is 5.28. The Kier molecular flexibility index (Phi) is 3.76. The molecular formula is C21H29N. The zero-order valence-corrected chi connectivity index (χ0v) is 14.0. The Morgan fingerprint density at radius 1 is 1.09 bits per heavy atom. The van der Waals surface area contributed by atoms with Crippen LogP contribution in [-0.4, -0.2) is 4.57 Å². The van der Waals surface area contributed by atoms with Crippen LogP contribution in [0.5, 0.6) is 0 Å². The normalized spacial score (nSPS) is 28.7. The minimum atomic E-state index is 0.429. The third-order valence-electron chi connectivity index (χ3n) is 6.21. The van der Waals surface area contributed by atoms with Crippen LogP contribution in [0.15, 0.2) is 30.3 Å². The third-order valence-corrected chi connectivity index (χ3v) is 6.21. The molecule has 1 heterocycles. The zero-order chi connectivity index (χ0) is 15.0. The molecule has 1 heteroatoms. The number of para-hydroxylation sites is 1. The molecule has 0 saturated heterocycles. The van der Waals surface area contributed by atoms with Crippen LogP contribution in [0.25, 0.3) is 10.9 Å².